The molecule has 1 aromatic heterocycles. The SMILES string of the molecule is CC(C)Oc1cc2cc(-c3ccc(OC4CCN(C(=O)C5CCCO5)CC4)cc3)ccc2cn1. The van der Waals surface area contributed by atoms with Gasteiger partial charge in [-0.3, -0.25) is 4.79 Å². The summed E-state index contributed by atoms with van der Waals surface area (Å²) in [6.07, 6.45) is 5.37. The summed E-state index contributed by atoms with van der Waals surface area (Å²) in [6, 6.07) is 16.6. The van der Waals surface area contributed by atoms with Crippen LogP contribution < -0.4 is 9.47 Å². The van der Waals surface area contributed by atoms with E-state index in [2.05, 4.69) is 35.3 Å². The van der Waals surface area contributed by atoms with Crippen LogP contribution in [-0.2, 0) is 9.53 Å². The summed E-state index contributed by atoms with van der Waals surface area (Å²) in [6.45, 7) is 6.17. The van der Waals surface area contributed by atoms with Gasteiger partial charge in [0.05, 0.1) is 6.10 Å². The number of carbonyl (C=O) groups excluding carboxylic acids is 1. The lowest BCUT2D eigenvalue weighted by Crippen LogP contribution is -2.45. The maximum atomic E-state index is 12.5. The number of carbonyl (C=O) groups is 1. The zero-order chi connectivity index (χ0) is 23.5. The lowest BCUT2D eigenvalue weighted by Gasteiger charge is -2.33. The molecule has 34 heavy (non-hydrogen) atoms. The maximum absolute atomic E-state index is 12.5. The smallest absolute Gasteiger partial charge is 0.251 e. The number of aromatic nitrogens is 1. The van der Waals surface area contributed by atoms with Crippen molar-refractivity contribution in [1.29, 1.82) is 0 Å². The molecule has 0 N–H and O–H groups in total. The minimum Gasteiger partial charge on any atom is -0.490 e. The monoisotopic (exact) mass is 460 g/mol. The standard InChI is InChI=1S/C28H32N2O4/c1-19(2)33-27-17-23-16-21(5-6-22(23)18-29-27)20-7-9-24(10-8-20)34-25-11-13-30(14-12-25)28(31)26-4-3-15-32-26/h5-10,16-19,25-26H,3-4,11-15H2,1-2H3. The third kappa shape index (κ3) is 5.17. The molecular weight excluding hydrogens is 428 g/mol. The minimum atomic E-state index is -0.231. The molecule has 5 rings (SSSR count). The third-order valence-electron chi connectivity index (χ3n) is 6.50. The van der Waals surface area contributed by atoms with Crippen LogP contribution in [0.2, 0.25) is 0 Å². The summed E-state index contributed by atoms with van der Waals surface area (Å²) in [5, 5.41) is 2.19. The topological polar surface area (TPSA) is 60.9 Å². The fraction of sp³-hybridized carbons (Fsp3) is 0.429. The van der Waals surface area contributed by atoms with E-state index in [1.165, 1.54) is 0 Å². The molecule has 0 spiro atoms. The average molecular weight is 461 g/mol. The Morgan fingerprint density at radius 1 is 1.00 bits per heavy atom. The largest absolute Gasteiger partial charge is 0.490 e. The van der Waals surface area contributed by atoms with Crippen molar-refractivity contribution < 1.29 is 19.0 Å². The first-order chi connectivity index (χ1) is 16.5. The highest BCUT2D eigenvalue weighted by molar-refractivity contribution is 5.87. The van der Waals surface area contributed by atoms with Crippen LogP contribution in [-0.4, -0.2) is 53.8 Å². The third-order valence-corrected chi connectivity index (χ3v) is 6.50. The normalized spacial score (nSPS) is 19.0. The molecule has 1 unspecified atom stereocenters. The molecule has 2 aliphatic heterocycles. The van der Waals surface area contributed by atoms with Crippen molar-refractivity contribution in [1.82, 2.24) is 9.88 Å². The van der Waals surface area contributed by atoms with E-state index in [9.17, 15) is 4.79 Å². The van der Waals surface area contributed by atoms with Gasteiger partial charge in [0.2, 0.25) is 5.88 Å². The van der Waals surface area contributed by atoms with Gasteiger partial charge in [-0.15, -0.1) is 0 Å². The number of ether oxygens (including phenoxy) is 3. The first-order valence-corrected chi connectivity index (χ1v) is 12.3. The summed E-state index contributed by atoms with van der Waals surface area (Å²) in [7, 11) is 0. The van der Waals surface area contributed by atoms with E-state index in [1.807, 2.05) is 43.1 Å². The van der Waals surface area contributed by atoms with Crippen LogP contribution in [0.3, 0.4) is 0 Å². The number of amides is 1. The predicted octanol–water partition coefficient (Wildman–Crippen LogP) is 5.24. The number of hydrogen-bond acceptors (Lipinski definition) is 5. The summed E-state index contributed by atoms with van der Waals surface area (Å²) in [5.74, 6) is 1.66. The lowest BCUT2D eigenvalue weighted by molar-refractivity contribution is -0.142. The van der Waals surface area contributed by atoms with Crippen molar-refractivity contribution in [2.24, 2.45) is 0 Å². The fourth-order valence-corrected chi connectivity index (χ4v) is 4.69. The number of piperidine rings is 1. The number of fused-ring (bicyclic) bond motifs is 1. The summed E-state index contributed by atoms with van der Waals surface area (Å²) >= 11 is 0. The van der Waals surface area contributed by atoms with Crippen LogP contribution in [0, 0.1) is 0 Å². The van der Waals surface area contributed by atoms with Crippen LogP contribution >= 0.6 is 0 Å². The molecule has 178 valence electrons. The molecule has 6 heteroatoms. The Morgan fingerprint density at radius 2 is 1.76 bits per heavy atom. The summed E-state index contributed by atoms with van der Waals surface area (Å²) in [4.78, 5) is 18.9. The Bertz CT molecular complexity index is 1130. The molecule has 2 saturated heterocycles. The lowest BCUT2D eigenvalue weighted by atomic mass is 10.0. The Morgan fingerprint density at radius 3 is 2.47 bits per heavy atom. The molecule has 3 aromatic rings. The highest BCUT2D eigenvalue weighted by Gasteiger charge is 2.31. The number of rotatable bonds is 6. The maximum Gasteiger partial charge on any atom is 0.251 e. The molecule has 2 aromatic carbocycles. The number of nitrogens with zero attached hydrogens (tertiary/aromatic N) is 2. The highest BCUT2D eigenvalue weighted by atomic mass is 16.5. The van der Waals surface area contributed by atoms with Gasteiger partial charge in [-0.2, -0.15) is 0 Å². The molecule has 0 bridgehead atoms. The fourth-order valence-electron chi connectivity index (χ4n) is 4.69. The molecule has 3 heterocycles. The first-order valence-electron chi connectivity index (χ1n) is 12.3. The van der Waals surface area contributed by atoms with Gasteiger partial charge in [0.25, 0.3) is 5.91 Å². The number of pyridine rings is 1. The van der Waals surface area contributed by atoms with Crippen molar-refractivity contribution in [2.45, 2.75) is 57.8 Å². The molecule has 0 saturated carbocycles. The minimum absolute atomic E-state index is 0.0923. The van der Waals surface area contributed by atoms with Gasteiger partial charge < -0.3 is 19.1 Å². The highest BCUT2D eigenvalue weighted by Crippen LogP contribution is 2.29. The molecule has 1 atom stereocenters. The van der Waals surface area contributed by atoms with E-state index >= 15 is 0 Å². The summed E-state index contributed by atoms with van der Waals surface area (Å²) < 4.78 is 17.5. The van der Waals surface area contributed by atoms with E-state index in [1.54, 1.807) is 0 Å². The van der Waals surface area contributed by atoms with Crippen molar-refractivity contribution in [3.05, 3.63) is 54.7 Å². The Kier molecular flexibility index (Phi) is 6.68. The van der Waals surface area contributed by atoms with Crippen molar-refractivity contribution in [3.8, 4) is 22.8 Å². The van der Waals surface area contributed by atoms with Crippen LogP contribution in [0.4, 0.5) is 0 Å². The Hall–Kier alpha value is -3.12. The first kappa shape index (κ1) is 22.7. The molecule has 0 aliphatic carbocycles. The van der Waals surface area contributed by atoms with Crippen LogP contribution in [0.25, 0.3) is 21.9 Å². The van der Waals surface area contributed by atoms with Gasteiger partial charge in [0.15, 0.2) is 0 Å². The number of hydrogen-bond donors (Lipinski definition) is 0. The molecule has 1 amide bonds. The Balaban J connectivity index is 1.20. The van der Waals surface area contributed by atoms with E-state index in [4.69, 9.17) is 14.2 Å². The van der Waals surface area contributed by atoms with Crippen molar-refractivity contribution in [3.63, 3.8) is 0 Å². The van der Waals surface area contributed by atoms with Gasteiger partial charge in [0.1, 0.15) is 18.0 Å². The van der Waals surface area contributed by atoms with Gasteiger partial charge in [0, 0.05) is 50.2 Å². The molecule has 0 radical (unpaired) electrons. The quantitative estimate of drug-likeness (QED) is 0.504. The molecule has 2 fully saturated rings. The van der Waals surface area contributed by atoms with Gasteiger partial charge in [-0.25, -0.2) is 4.98 Å². The predicted molar refractivity (Wildman–Crippen MR) is 132 cm³/mol. The van der Waals surface area contributed by atoms with E-state index in [0.29, 0.717) is 12.5 Å². The molecule has 2 aliphatic rings. The molecular formula is C28H32N2O4. The second kappa shape index (κ2) is 10.0. The Labute approximate surface area is 200 Å². The second-order valence-electron chi connectivity index (χ2n) is 9.42. The second-order valence-corrected chi connectivity index (χ2v) is 9.42. The zero-order valence-corrected chi connectivity index (χ0v) is 19.9. The van der Waals surface area contributed by atoms with Crippen LogP contribution in [0.15, 0.2) is 54.7 Å². The van der Waals surface area contributed by atoms with Gasteiger partial charge >= 0.3 is 0 Å². The van der Waals surface area contributed by atoms with Crippen molar-refractivity contribution in [2.75, 3.05) is 19.7 Å². The average Bonchev–Trinajstić information content (AvgIpc) is 3.39. The van der Waals surface area contributed by atoms with Crippen LogP contribution in [0.1, 0.15) is 39.5 Å². The molecule has 6 nitrogen and oxygen atoms in total. The van der Waals surface area contributed by atoms with Gasteiger partial charge in [-0.05, 0) is 61.4 Å². The van der Waals surface area contributed by atoms with Gasteiger partial charge in [-0.1, -0.05) is 24.3 Å². The zero-order valence-electron chi connectivity index (χ0n) is 19.9. The van der Waals surface area contributed by atoms with Crippen LogP contribution in [0.5, 0.6) is 11.6 Å². The van der Waals surface area contributed by atoms with Crippen molar-refractivity contribution >= 4 is 16.7 Å². The summed E-state index contributed by atoms with van der Waals surface area (Å²) in [5.41, 5.74) is 2.27. The van der Waals surface area contributed by atoms with E-state index in [0.717, 1.165) is 66.4 Å². The van der Waals surface area contributed by atoms with E-state index < -0.39 is 0 Å². The number of benzene rings is 2. The van der Waals surface area contributed by atoms with E-state index in [-0.39, 0.29) is 24.2 Å². The number of likely N-dealkylation sites (tertiary alicyclic amines) is 1.